The number of para-hydroxylation sites is 2. The summed E-state index contributed by atoms with van der Waals surface area (Å²) in [4.78, 5) is 11.5. The number of hydrogen-bond acceptors (Lipinski definition) is 4. The summed E-state index contributed by atoms with van der Waals surface area (Å²) in [6, 6.07) is 7.28. The van der Waals surface area contributed by atoms with E-state index in [4.69, 9.17) is 4.74 Å². The number of nitrogens with one attached hydrogen (secondary N) is 1. The van der Waals surface area contributed by atoms with Crippen molar-refractivity contribution in [2.45, 2.75) is 30.9 Å². The number of fused-ring (bicyclic) bond motifs is 1. The van der Waals surface area contributed by atoms with Crippen molar-refractivity contribution in [2.75, 3.05) is 6.61 Å². The van der Waals surface area contributed by atoms with Crippen molar-refractivity contribution in [2.24, 2.45) is 0 Å². The Balaban J connectivity index is 1.82. The van der Waals surface area contributed by atoms with Crippen molar-refractivity contribution in [3.05, 3.63) is 47.3 Å². The molecule has 0 aliphatic rings. The zero-order valence-corrected chi connectivity index (χ0v) is 14.9. The van der Waals surface area contributed by atoms with Gasteiger partial charge in [0.15, 0.2) is 12.4 Å². The van der Waals surface area contributed by atoms with E-state index in [2.05, 4.69) is 15.0 Å². The van der Waals surface area contributed by atoms with Crippen molar-refractivity contribution in [1.82, 2.24) is 15.0 Å². The second-order valence-electron chi connectivity index (χ2n) is 5.79. The zero-order valence-electron chi connectivity index (χ0n) is 14.1. The van der Waals surface area contributed by atoms with Crippen LogP contribution in [0.25, 0.3) is 11.0 Å². The van der Waals surface area contributed by atoms with Gasteiger partial charge in [0.05, 0.1) is 16.7 Å². The third kappa shape index (κ3) is 4.10. The van der Waals surface area contributed by atoms with Gasteiger partial charge in [0.2, 0.25) is 0 Å². The lowest BCUT2D eigenvalue weighted by molar-refractivity contribution is -0.153. The van der Waals surface area contributed by atoms with E-state index in [0.717, 1.165) is 5.52 Å². The first-order valence-electron chi connectivity index (χ1n) is 7.72. The summed E-state index contributed by atoms with van der Waals surface area (Å²) in [6.45, 7) is 1.84. The molecular weight excluding hydrogens is 367 g/mol. The van der Waals surface area contributed by atoms with Crippen LogP contribution in [0, 0.1) is 13.8 Å². The first-order chi connectivity index (χ1) is 12.2. The minimum atomic E-state index is -4.43. The molecule has 5 nitrogen and oxygen atoms in total. The summed E-state index contributed by atoms with van der Waals surface area (Å²) in [7, 11) is 0. The van der Waals surface area contributed by atoms with Crippen LogP contribution in [0.5, 0.6) is 5.75 Å². The van der Waals surface area contributed by atoms with Gasteiger partial charge in [-0.2, -0.15) is 18.2 Å². The van der Waals surface area contributed by atoms with Crippen molar-refractivity contribution in [1.29, 1.82) is 0 Å². The van der Waals surface area contributed by atoms with E-state index in [1.165, 1.54) is 6.20 Å². The van der Waals surface area contributed by atoms with Gasteiger partial charge >= 0.3 is 11.3 Å². The SMILES string of the molecule is Cc1cnc(C[S@+]([O-])c2nc3ccccc3[nH]2)c(C)c1OCC(F)(F)F. The molecule has 1 atom stereocenters. The second-order valence-corrected chi connectivity index (χ2v) is 7.16. The quantitative estimate of drug-likeness (QED) is 0.680. The minimum absolute atomic E-state index is 0.0221. The number of H-pyrrole nitrogens is 1. The number of pyridine rings is 1. The molecule has 1 N–H and O–H groups in total. The Hall–Kier alpha value is -2.26. The fourth-order valence-corrected chi connectivity index (χ4v) is 3.61. The topological polar surface area (TPSA) is 73.9 Å². The van der Waals surface area contributed by atoms with Gasteiger partial charge in [-0.25, -0.2) is 0 Å². The van der Waals surface area contributed by atoms with Gasteiger partial charge in [-0.05, 0) is 26.0 Å². The molecule has 0 spiro atoms. The molecule has 3 aromatic rings. The molecule has 0 unspecified atom stereocenters. The van der Waals surface area contributed by atoms with Crippen LogP contribution in [-0.4, -0.2) is 32.3 Å². The van der Waals surface area contributed by atoms with Crippen LogP contribution in [0.3, 0.4) is 0 Å². The Bertz CT molecular complexity index is 894. The summed E-state index contributed by atoms with van der Waals surface area (Å²) in [5.41, 5.74) is 2.80. The first-order valence-corrected chi connectivity index (χ1v) is 9.04. The maximum Gasteiger partial charge on any atom is 0.422 e. The first kappa shape index (κ1) is 18.5. The molecule has 0 aliphatic carbocycles. The summed E-state index contributed by atoms with van der Waals surface area (Å²) in [6.07, 6.45) is -3.01. The Morgan fingerprint density at radius 3 is 2.65 bits per heavy atom. The van der Waals surface area contributed by atoms with Crippen LogP contribution in [0.2, 0.25) is 0 Å². The van der Waals surface area contributed by atoms with Crippen LogP contribution in [0.1, 0.15) is 16.8 Å². The normalized spacial score (nSPS) is 13.2. The number of aryl methyl sites for hydroxylation is 1. The van der Waals surface area contributed by atoms with Gasteiger partial charge in [-0.1, -0.05) is 12.1 Å². The highest BCUT2D eigenvalue weighted by Gasteiger charge is 2.29. The molecule has 0 saturated carbocycles. The van der Waals surface area contributed by atoms with Gasteiger partial charge in [0, 0.05) is 28.5 Å². The molecule has 0 bridgehead atoms. The number of imidazole rings is 1. The van der Waals surface area contributed by atoms with Crippen LogP contribution < -0.4 is 4.74 Å². The molecule has 2 heterocycles. The minimum Gasteiger partial charge on any atom is -0.609 e. The van der Waals surface area contributed by atoms with Crippen molar-refractivity contribution < 1.29 is 22.5 Å². The Morgan fingerprint density at radius 2 is 1.96 bits per heavy atom. The molecular formula is C17H16F3N3O2S. The highest BCUT2D eigenvalue weighted by atomic mass is 32.2. The number of aromatic amines is 1. The number of rotatable bonds is 5. The number of ether oxygens (including phenoxy) is 1. The molecule has 0 saturated heterocycles. The van der Waals surface area contributed by atoms with E-state index < -0.39 is 24.0 Å². The van der Waals surface area contributed by atoms with Crippen LogP contribution in [0.15, 0.2) is 35.6 Å². The molecule has 1 aromatic carbocycles. The van der Waals surface area contributed by atoms with Gasteiger partial charge < -0.3 is 9.29 Å². The molecule has 0 radical (unpaired) electrons. The zero-order chi connectivity index (χ0) is 18.9. The van der Waals surface area contributed by atoms with E-state index in [1.807, 2.05) is 18.2 Å². The summed E-state index contributed by atoms with van der Waals surface area (Å²) in [5.74, 6) is 0.142. The molecule has 3 rings (SSSR count). The lowest BCUT2D eigenvalue weighted by Crippen LogP contribution is -2.20. The molecule has 0 fully saturated rings. The van der Waals surface area contributed by atoms with Gasteiger partial charge in [-0.3, -0.25) is 9.97 Å². The predicted molar refractivity (Wildman–Crippen MR) is 91.5 cm³/mol. The fraction of sp³-hybridized carbons (Fsp3) is 0.294. The largest absolute Gasteiger partial charge is 0.609 e. The smallest absolute Gasteiger partial charge is 0.422 e. The standard InChI is InChI=1S/C17H16F3N3O2S/c1-10-7-21-14(11(2)15(10)25-9-17(18,19)20)8-26(24)16-22-12-5-3-4-6-13(12)23-16/h3-7H,8-9H2,1-2H3,(H,22,23)/t26-/m0/s1. The average Bonchev–Trinajstić information content (AvgIpc) is 3.00. The van der Waals surface area contributed by atoms with Gasteiger partial charge in [0.25, 0.3) is 0 Å². The van der Waals surface area contributed by atoms with Gasteiger partial charge in [0.1, 0.15) is 5.75 Å². The summed E-state index contributed by atoms with van der Waals surface area (Å²) in [5, 5.41) is 0.297. The van der Waals surface area contributed by atoms with E-state index in [0.29, 0.717) is 27.5 Å². The number of halogens is 3. The lowest BCUT2D eigenvalue weighted by Gasteiger charge is -2.16. The Labute approximate surface area is 150 Å². The van der Waals surface area contributed by atoms with E-state index >= 15 is 0 Å². The predicted octanol–water partition coefficient (Wildman–Crippen LogP) is 3.82. The summed E-state index contributed by atoms with van der Waals surface area (Å²) < 4.78 is 54.8. The highest BCUT2D eigenvalue weighted by molar-refractivity contribution is 7.90. The highest BCUT2D eigenvalue weighted by Crippen LogP contribution is 2.28. The number of alkyl halides is 3. The molecule has 9 heteroatoms. The molecule has 26 heavy (non-hydrogen) atoms. The average molecular weight is 383 g/mol. The Morgan fingerprint density at radius 1 is 1.23 bits per heavy atom. The van der Waals surface area contributed by atoms with E-state index in [9.17, 15) is 17.7 Å². The van der Waals surface area contributed by atoms with Gasteiger partial charge in [-0.15, -0.1) is 0 Å². The lowest BCUT2D eigenvalue weighted by atomic mass is 10.1. The second kappa shape index (κ2) is 7.16. The number of hydrogen-bond donors (Lipinski definition) is 1. The third-order valence-corrected chi connectivity index (χ3v) is 4.94. The molecule has 2 aromatic heterocycles. The van der Waals surface area contributed by atoms with Crippen molar-refractivity contribution in [3.8, 4) is 5.75 Å². The van der Waals surface area contributed by atoms with E-state index in [-0.39, 0.29) is 11.5 Å². The molecule has 0 amide bonds. The Kier molecular flexibility index (Phi) is 5.10. The van der Waals surface area contributed by atoms with Crippen LogP contribution >= 0.6 is 0 Å². The maximum atomic E-state index is 12.6. The fourth-order valence-electron chi connectivity index (χ4n) is 2.51. The van der Waals surface area contributed by atoms with Crippen molar-refractivity contribution >= 4 is 22.2 Å². The third-order valence-electron chi connectivity index (χ3n) is 3.78. The maximum absolute atomic E-state index is 12.6. The van der Waals surface area contributed by atoms with Crippen molar-refractivity contribution in [3.63, 3.8) is 0 Å². The molecule has 138 valence electrons. The number of aromatic nitrogens is 3. The number of benzene rings is 1. The monoisotopic (exact) mass is 383 g/mol. The van der Waals surface area contributed by atoms with Crippen LogP contribution in [-0.2, 0) is 16.9 Å². The molecule has 0 aliphatic heterocycles. The number of nitrogens with zero attached hydrogens (tertiary/aromatic N) is 2. The van der Waals surface area contributed by atoms with Crippen LogP contribution in [0.4, 0.5) is 13.2 Å². The summed E-state index contributed by atoms with van der Waals surface area (Å²) >= 11 is -1.52. The van der Waals surface area contributed by atoms with E-state index in [1.54, 1.807) is 19.9 Å².